The minimum atomic E-state index is 0.753. The maximum absolute atomic E-state index is 6.23. The standard InChI is InChI=1S/C16H23ClN2/c1-18-11-13-7-8-14(17)10-16(13)19-9-3-5-12-4-2-6-15(12)19/h7-8,10,12,15,18H,2-6,9,11H2,1H3. The SMILES string of the molecule is CNCc1ccc(Cl)cc1N1CCCC2CCCC21. The molecule has 2 fully saturated rings. The summed E-state index contributed by atoms with van der Waals surface area (Å²) in [7, 11) is 2.01. The molecule has 2 atom stereocenters. The molecule has 3 rings (SSSR count). The Balaban J connectivity index is 1.93. The van der Waals surface area contributed by atoms with E-state index >= 15 is 0 Å². The lowest BCUT2D eigenvalue weighted by atomic mass is 9.91. The van der Waals surface area contributed by atoms with Crippen molar-refractivity contribution in [3.63, 3.8) is 0 Å². The Morgan fingerprint density at radius 2 is 2.11 bits per heavy atom. The van der Waals surface area contributed by atoms with Gasteiger partial charge in [0.25, 0.3) is 0 Å². The molecule has 2 unspecified atom stereocenters. The lowest BCUT2D eigenvalue weighted by Gasteiger charge is -2.40. The molecule has 3 heteroatoms. The predicted molar refractivity (Wildman–Crippen MR) is 81.9 cm³/mol. The van der Waals surface area contributed by atoms with Gasteiger partial charge in [0.1, 0.15) is 0 Å². The van der Waals surface area contributed by atoms with Crippen molar-refractivity contribution in [1.29, 1.82) is 0 Å². The monoisotopic (exact) mass is 278 g/mol. The van der Waals surface area contributed by atoms with Crippen LogP contribution in [0.15, 0.2) is 18.2 Å². The van der Waals surface area contributed by atoms with Crippen molar-refractivity contribution in [1.82, 2.24) is 5.32 Å². The lowest BCUT2D eigenvalue weighted by Crippen LogP contribution is -2.43. The molecule has 1 aliphatic heterocycles. The van der Waals surface area contributed by atoms with E-state index in [1.165, 1.54) is 49.9 Å². The number of hydrogen-bond donors (Lipinski definition) is 1. The fraction of sp³-hybridized carbons (Fsp3) is 0.625. The van der Waals surface area contributed by atoms with E-state index in [9.17, 15) is 0 Å². The summed E-state index contributed by atoms with van der Waals surface area (Å²) in [5.74, 6) is 0.912. The van der Waals surface area contributed by atoms with Crippen molar-refractivity contribution in [3.8, 4) is 0 Å². The molecule has 1 heterocycles. The molecule has 1 saturated carbocycles. The van der Waals surface area contributed by atoms with Crippen LogP contribution in [0.25, 0.3) is 0 Å². The Kier molecular flexibility index (Phi) is 3.99. The van der Waals surface area contributed by atoms with Gasteiger partial charge in [0.15, 0.2) is 0 Å². The average Bonchev–Trinajstić information content (AvgIpc) is 2.89. The molecule has 0 spiro atoms. The number of nitrogens with zero attached hydrogens (tertiary/aromatic N) is 1. The second-order valence-corrected chi connectivity index (χ2v) is 6.33. The number of halogens is 1. The first-order valence-corrected chi connectivity index (χ1v) is 7.87. The van der Waals surface area contributed by atoms with Gasteiger partial charge in [-0.25, -0.2) is 0 Å². The number of hydrogen-bond acceptors (Lipinski definition) is 2. The zero-order valence-electron chi connectivity index (χ0n) is 11.7. The van der Waals surface area contributed by atoms with Crippen LogP contribution in [-0.2, 0) is 6.54 Å². The molecule has 2 nitrogen and oxygen atoms in total. The third kappa shape index (κ3) is 2.61. The highest BCUT2D eigenvalue weighted by Gasteiger charge is 2.35. The molecular weight excluding hydrogens is 256 g/mol. The highest BCUT2D eigenvalue weighted by molar-refractivity contribution is 6.30. The molecule has 0 radical (unpaired) electrons. The van der Waals surface area contributed by atoms with Crippen molar-refractivity contribution in [2.45, 2.75) is 44.7 Å². The lowest BCUT2D eigenvalue weighted by molar-refractivity contribution is 0.362. The van der Waals surface area contributed by atoms with E-state index in [1.807, 2.05) is 13.1 Å². The normalized spacial score (nSPS) is 26.5. The van der Waals surface area contributed by atoms with Crippen LogP contribution in [-0.4, -0.2) is 19.6 Å². The van der Waals surface area contributed by atoms with Crippen LogP contribution in [0.5, 0.6) is 0 Å². The molecule has 0 bridgehead atoms. The average molecular weight is 279 g/mol. The maximum atomic E-state index is 6.23. The van der Waals surface area contributed by atoms with Crippen LogP contribution >= 0.6 is 11.6 Å². The Bertz CT molecular complexity index is 446. The zero-order valence-corrected chi connectivity index (χ0v) is 12.4. The van der Waals surface area contributed by atoms with Crippen molar-refractivity contribution in [2.24, 2.45) is 5.92 Å². The van der Waals surface area contributed by atoms with Gasteiger partial charge in [0.05, 0.1) is 0 Å². The zero-order chi connectivity index (χ0) is 13.2. The first-order chi connectivity index (χ1) is 9.29. The minimum absolute atomic E-state index is 0.753. The third-order valence-corrected chi connectivity index (χ3v) is 4.95. The second kappa shape index (κ2) is 5.72. The Hall–Kier alpha value is -0.730. The second-order valence-electron chi connectivity index (χ2n) is 5.90. The maximum Gasteiger partial charge on any atom is 0.0429 e. The summed E-state index contributed by atoms with van der Waals surface area (Å²) in [5.41, 5.74) is 2.73. The number of anilines is 1. The van der Waals surface area contributed by atoms with Gasteiger partial charge in [0, 0.05) is 29.8 Å². The van der Waals surface area contributed by atoms with Crippen molar-refractivity contribution in [2.75, 3.05) is 18.5 Å². The number of rotatable bonds is 3. The summed E-state index contributed by atoms with van der Waals surface area (Å²) in [6.07, 6.45) is 6.92. The summed E-state index contributed by atoms with van der Waals surface area (Å²) in [4.78, 5) is 2.64. The topological polar surface area (TPSA) is 15.3 Å². The molecular formula is C16H23ClN2. The van der Waals surface area contributed by atoms with Crippen LogP contribution in [0.4, 0.5) is 5.69 Å². The van der Waals surface area contributed by atoms with Gasteiger partial charge in [-0.2, -0.15) is 0 Å². The van der Waals surface area contributed by atoms with Crippen molar-refractivity contribution < 1.29 is 0 Å². The van der Waals surface area contributed by atoms with E-state index < -0.39 is 0 Å². The summed E-state index contributed by atoms with van der Waals surface area (Å²) in [6.45, 7) is 2.11. The van der Waals surface area contributed by atoms with E-state index in [0.717, 1.165) is 23.5 Å². The Morgan fingerprint density at radius 3 is 2.95 bits per heavy atom. The fourth-order valence-corrected chi connectivity index (χ4v) is 4.06. The van der Waals surface area contributed by atoms with E-state index in [0.29, 0.717) is 0 Å². The minimum Gasteiger partial charge on any atom is -0.368 e. The molecule has 1 saturated heterocycles. The molecule has 0 amide bonds. The highest BCUT2D eigenvalue weighted by atomic mass is 35.5. The quantitative estimate of drug-likeness (QED) is 0.904. The summed E-state index contributed by atoms with van der Waals surface area (Å²) in [6, 6.07) is 7.10. The van der Waals surface area contributed by atoms with Gasteiger partial charge in [-0.3, -0.25) is 0 Å². The van der Waals surface area contributed by atoms with E-state index in [2.05, 4.69) is 22.3 Å². The molecule has 2 aliphatic rings. The smallest absolute Gasteiger partial charge is 0.0429 e. The van der Waals surface area contributed by atoms with E-state index in [-0.39, 0.29) is 0 Å². The molecule has 1 aromatic rings. The van der Waals surface area contributed by atoms with Crippen molar-refractivity contribution >= 4 is 17.3 Å². The van der Waals surface area contributed by atoms with Gasteiger partial charge >= 0.3 is 0 Å². The van der Waals surface area contributed by atoms with Crippen LogP contribution in [0.3, 0.4) is 0 Å². The summed E-state index contributed by atoms with van der Waals surface area (Å²) in [5, 5.41) is 4.13. The number of benzene rings is 1. The number of fused-ring (bicyclic) bond motifs is 1. The molecule has 1 aliphatic carbocycles. The Morgan fingerprint density at radius 1 is 1.26 bits per heavy atom. The number of piperidine rings is 1. The van der Waals surface area contributed by atoms with Gasteiger partial charge in [-0.15, -0.1) is 0 Å². The molecule has 1 aromatic carbocycles. The van der Waals surface area contributed by atoms with Crippen LogP contribution in [0, 0.1) is 5.92 Å². The van der Waals surface area contributed by atoms with Crippen LogP contribution in [0.2, 0.25) is 5.02 Å². The Labute approximate surface area is 121 Å². The highest BCUT2D eigenvalue weighted by Crippen LogP contribution is 2.40. The van der Waals surface area contributed by atoms with Gasteiger partial charge in [0.2, 0.25) is 0 Å². The molecule has 1 N–H and O–H groups in total. The first kappa shape index (κ1) is 13.3. The molecule has 0 aromatic heterocycles. The van der Waals surface area contributed by atoms with Crippen LogP contribution < -0.4 is 10.2 Å². The van der Waals surface area contributed by atoms with E-state index in [1.54, 1.807) is 0 Å². The van der Waals surface area contributed by atoms with Gasteiger partial charge in [-0.1, -0.05) is 24.1 Å². The predicted octanol–water partition coefficient (Wildman–Crippen LogP) is 3.83. The fourth-order valence-electron chi connectivity index (χ4n) is 3.90. The van der Waals surface area contributed by atoms with Gasteiger partial charge in [-0.05, 0) is 56.3 Å². The number of nitrogens with one attached hydrogen (secondary N) is 1. The first-order valence-electron chi connectivity index (χ1n) is 7.49. The summed E-state index contributed by atoms with van der Waals surface area (Å²) < 4.78 is 0. The molecule has 104 valence electrons. The van der Waals surface area contributed by atoms with Crippen LogP contribution in [0.1, 0.15) is 37.7 Å². The van der Waals surface area contributed by atoms with Gasteiger partial charge < -0.3 is 10.2 Å². The van der Waals surface area contributed by atoms with Crippen molar-refractivity contribution in [3.05, 3.63) is 28.8 Å². The third-order valence-electron chi connectivity index (χ3n) is 4.72. The molecule has 19 heavy (non-hydrogen) atoms. The largest absolute Gasteiger partial charge is 0.368 e. The summed E-state index contributed by atoms with van der Waals surface area (Å²) >= 11 is 6.23. The van der Waals surface area contributed by atoms with E-state index in [4.69, 9.17) is 11.6 Å².